The second-order valence-corrected chi connectivity index (χ2v) is 8.90. The molecule has 0 bridgehead atoms. The van der Waals surface area contributed by atoms with Crippen molar-refractivity contribution in [3.63, 3.8) is 0 Å². The monoisotopic (exact) mass is 813 g/mol. The fraction of sp³-hybridized carbons (Fsp3) is 0.156. The van der Waals surface area contributed by atoms with Gasteiger partial charge in [0, 0.05) is 48.6 Å². The van der Waals surface area contributed by atoms with Crippen molar-refractivity contribution >= 4 is 53.8 Å². The summed E-state index contributed by atoms with van der Waals surface area (Å²) < 4.78 is 29.6. The van der Waals surface area contributed by atoms with Crippen LogP contribution in [0.3, 0.4) is 0 Å². The van der Waals surface area contributed by atoms with E-state index in [1.165, 1.54) is 25.6 Å². The van der Waals surface area contributed by atoms with Crippen LogP contribution in [0, 0.1) is 6.92 Å². The number of aryl methyl sites for hydroxylation is 1. The summed E-state index contributed by atoms with van der Waals surface area (Å²) in [6.07, 6.45) is 17.6. The van der Waals surface area contributed by atoms with Gasteiger partial charge in [-0.3, -0.25) is 19.2 Å². The number of rotatable bonds is 6. The zero-order chi connectivity index (χ0) is 37.1. The van der Waals surface area contributed by atoms with Gasteiger partial charge in [-0.15, -0.1) is 24.0 Å². The number of aromatic hydroxyl groups is 1. The van der Waals surface area contributed by atoms with Crippen LogP contribution in [-0.2, 0) is 36.5 Å². The molecule has 20 heteroatoms. The van der Waals surface area contributed by atoms with E-state index in [4.69, 9.17) is 42.5 Å². The van der Waals surface area contributed by atoms with Gasteiger partial charge in [-0.05, 0) is 42.3 Å². The predicted molar refractivity (Wildman–Crippen MR) is 178 cm³/mol. The molecule has 6 heterocycles. The average Bonchev–Trinajstić information content (AvgIpc) is 3.83. The van der Waals surface area contributed by atoms with Crippen molar-refractivity contribution in [3.8, 4) is 11.5 Å². The number of aromatic nitrogens is 6. The first-order chi connectivity index (χ1) is 24.3. The number of pyridine rings is 4. The molecular formula is C32H33Cl2FK2N6O9. The Kier molecular flexibility index (Phi) is 32.6. The number of halogens is 3. The molecule has 0 radical (unpaired) electrons. The van der Waals surface area contributed by atoms with Crippen LogP contribution in [0.15, 0.2) is 98.5 Å². The number of hydrogen-bond acceptors (Lipinski definition) is 13. The SMILES string of the molecule is COC(=O)c1ccncc1O.Cc1ccncc1OCc1cccn2ccnc12.Cl.ClCc1cccn2cncc12.O=C=O.O=CO[O-].[2H]CF.[H-].[K+].[K+]. The molecule has 52 heavy (non-hydrogen) atoms. The van der Waals surface area contributed by atoms with Crippen LogP contribution < -0.4 is 113 Å². The number of methoxy groups -OCH3 is 1. The summed E-state index contributed by atoms with van der Waals surface area (Å²) in [6, 6.07) is 11.3. The first-order valence-corrected chi connectivity index (χ1v) is 14.0. The fourth-order valence-electron chi connectivity index (χ4n) is 3.67. The van der Waals surface area contributed by atoms with Crippen molar-refractivity contribution in [2.45, 2.75) is 19.4 Å². The molecule has 6 rings (SSSR count). The van der Waals surface area contributed by atoms with E-state index in [0.717, 1.165) is 33.6 Å². The molecule has 0 spiro atoms. The molecule has 0 atom stereocenters. The number of fused-ring (bicyclic) bond motifs is 2. The summed E-state index contributed by atoms with van der Waals surface area (Å²) >= 11 is 5.72. The fourth-order valence-corrected chi connectivity index (χ4v) is 3.89. The first-order valence-electron chi connectivity index (χ1n) is 14.1. The Hall–Kier alpha value is -2.66. The summed E-state index contributed by atoms with van der Waals surface area (Å²) in [6.45, 7) is 2.32. The molecule has 6 aromatic rings. The molecule has 0 unspecified atom stereocenters. The quantitative estimate of drug-likeness (QED) is 0.0496. The number of hydrogen-bond donors (Lipinski definition) is 1. The zero-order valence-corrected chi connectivity index (χ0v) is 36.3. The minimum atomic E-state index is -1.00. The van der Waals surface area contributed by atoms with Crippen LogP contribution in [0.1, 0.15) is 29.8 Å². The maximum Gasteiger partial charge on any atom is 1.00 e. The molecule has 0 fully saturated rings. The molecule has 1 N–H and O–H groups in total. The van der Waals surface area contributed by atoms with E-state index in [1.54, 1.807) is 24.9 Å². The molecule has 0 aliphatic rings. The van der Waals surface area contributed by atoms with Crippen molar-refractivity contribution < 1.29 is 154 Å². The van der Waals surface area contributed by atoms with E-state index in [0.29, 0.717) is 12.5 Å². The Morgan fingerprint density at radius 3 is 2.21 bits per heavy atom. The van der Waals surface area contributed by atoms with Gasteiger partial charge in [-0.25, -0.2) is 14.8 Å². The summed E-state index contributed by atoms with van der Waals surface area (Å²) in [5, 5.41) is 17.5. The average molecular weight is 815 g/mol. The van der Waals surface area contributed by atoms with Gasteiger partial charge < -0.3 is 35.0 Å². The Balaban J connectivity index is -0.000000307. The van der Waals surface area contributed by atoms with Gasteiger partial charge in [0.1, 0.15) is 29.3 Å². The molecular weight excluding hydrogens is 780 g/mol. The van der Waals surface area contributed by atoms with Crippen molar-refractivity contribution in [2.75, 3.05) is 14.3 Å². The first kappa shape index (κ1) is 51.4. The third-order valence-electron chi connectivity index (χ3n) is 5.80. The number of alkyl halides is 2. The maximum absolute atomic E-state index is 10.8. The van der Waals surface area contributed by atoms with E-state index >= 15 is 0 Å². The minimum absolute atomic E-state index is 0. The minimum Gasteiger partial charge on any atom is -1.00 e. The van der Waals surface area contributed by atoms with Crippen LogP contribution in [0.2, 0.25) is 0 Å². The molecule has 0 amide bonds. The standard InChI is InChI=1S/C14H13N3O.C8H7ClN2.C7H7NO3.CH3F.CH2O3.CO2.ClH.2K.H/c1-11-4-5-15-9-13(11)18-10-12-3-2-7-17-8-6-16-14(12)17;9-4-7-2-1-3-11-6-10-5-8(7)11;1-11-7(10)5-2-3-8-4-6(5)9;1-2;2-1-4-3;2-1-3;;;;/h2-9H,10H2,1H3;1-3,5-6H,4H2;2-4,9H,1H3;1H3;1,3H;;1H;;;/q;;;;;;;2*+1;-1/p-1/i;;;1D;;;;;;. The van der Waals surface area contributed by atoms with Crippen molar-refractivity contribution in [3.05, 3.63) is 121 Å². The Bertz CT molecular complexity index is 1930. The Labute approximate surface area is 397 Å². The van der Waals surface area contributed by atoms with Crippen LogP contribution >= 0.6 is 24.0 Å². The van der Waals surface area contributed by atoms with E-state index in [9.17, 15) is 9.18 Å². The van der Waals surface area contributed by atoms with Crippen molar-refractivity contribution in [1.29, 1.82) is 0 Å². The van der Waals surface area contributed by atoms with E-state index in [1.807, 2.05) is 70.8 Å². The molecule has 0 aliphatic carbocycles. The number of ether oxygens (including phenoxy) is 2. The third-order valence-corrected chi connectivity index (χ3v) is 6.09. The van der Waals surface area contributed by atoms with E-state index in [2.05, 4.69) is 29.6 Å². The predicted octanol–water partition coefficient (Wildman–Crippen LogP) is -1.76. The molecule has 15 nitrogen and oxygen atoms in total. The summed E-state index contributed by atoms with van der Waals surface area (Å²) in [5.74, 6) is 0.617. The van der Waals surface area contributed by atoms with Gasteiger partial charge in [-0.1, -0.05) is 12.1 Å². The van der Waals surface area contributed by atoms with Crippen molar-refractivity contribution in [2.24, 2.45) is 0 Å². The van der Waals surface area contributed by atoms with E-state index in [-0.39, 0.29) is 141 Å². The molecule has 0 aliphatic heterocycles. The molecule has 268 valence electrons. The topological polar surface area (TPSA) is 200 Å². The Morgan fingerprint density at radius 2 is 1.63 bits per heavy atom. The zero-order valence-electron chi connectivity index (χ0n) is 30.5. The summed E-state index contributed by atoms with van der Waals surface area (Å²) in [5.41, 5.74) is 5.40. The van der Waals surface area contributed by atoms with Crippen LogP contribution in [-0.4, -0.2) is 66.7 Å². The molecule has 0 saturated carbocycles. The second-order valence-electron chi connectivity index (χ2n) is 8.63. The second kappa shape index (κ2) is 33.0. The van der Waals surface area contributed by atoms with Gasteiger partial charge in [0.15, 0.2) is 0 Å². The van der Waals surface area contributed by atoms with Crippen molar-refractivity contribution in [1.82, 2.24) is 28.7 Å². The number of imidazole rings is 2. The van der Waals surface area contributed by atoms with Crippen LogP contribution in [0.5, 0.6) is 11.5 Å². The van der Waals surface area contributed by atoms with Gasteiger partial charge >= 0.3 is 115 Å². The van der Waals surface area contributed by atoms with E-state index < -0.39 is 13.1 Å². The molecule has 0 aromatic carbocycles. The molecule has 6 aromatic heterocycles. The number of nitrogens with zero attached hydrogens (tertiary/aromatic N) is 6. The largest absolute Gasteiger partial charge is 1.00 e. The summed E-state index contributed by atoms with van der Waals surface area (Å²) in [4.78, 5) is 54.3. The maximum atomic E-state index is 10.8. The number of carbonyl (C=O) groups excluding carboxylic acids is 4. The van der Waals surface area contributed by atoms with Gasteiger partial charge in [0.2, 0.25) is 0 Å². The van der Waals surface area contributed by atoms with Gasteiger partial charge in [0.05, 0.1) is 46.1 Å². The normalized spacial score (nSPS) is 8.83. The van der Waals surface area contributed by atoms with Gasteiger partial charge in [-0.2, -0.15) is 9.59 Å². The smallest absolute Gasteiger partial charge is 1.00 e. The van der Waals surface area contributed by atoms with Crippen LogP contribution in [0.25, 0.3) is 11.2 Å². The van der Waals surface area contributed by atoms with Crippen LogP contribution in [0.4, 0.5) is 4.39 Å². The van der Waals surface area contributed by atoms with Gasteiger partial charge in [0.25, 0.3) is 6.47 Å². The molecule has 0 saturated heterocycles. The third kappa shape index (κ3) is 18.9. The summed E-state index contributed by atoms with van der Waals surface area (Å²) in [7, 11) is 0.252. The number of carbonyl (C=O) groups is 2. The Morgan fingerprint density at radius 1 is 1.04 bits per heavy atom. The number of esters is 1.